The minimum Gasteiger partial charge on any atom is -0.329 e. The van der Waals surface area contributed by atoms with Crippen LogP contribution in [0.2, 0.25) is 0 Å². The highest BCUT2D eigenvalue weighted by Gasteiger charge is 2.14. The first-order chi connectivity index (χ1) is 9.86. The summed E-state index contributed by atoms with van der Waals surface area (Å²) in [4.78, 5) is 7.74. The second kappa shape index (κ2) is 4.81. The molecule has 0 bridgehead atoms. The summed E-state index contributed by atoms with van der Waals surface area (Å²) in [5.41, 5.74) is 5.45. The van der Waals surface area contributed by atoms with Crippen molar-refractivity contribution < 1.29 is 0 Å². The molecule has 0 atom stereocenters. The first-order valence-electron chi connectivity index (χ1n) is 7.04. The lowest BCUT2D eigenvalue weighted by Gasteiger charge is -2.19. The Morgan fingerprint density at radius 3 is 2.43 bits per heavy atom. The average molecular weight is 297 g/mol. The number of nitrogens with one attached hydrogen (secondary N) is 1. The Bertz CT molecular complexity index is 848. The molecule has 0 spiro atoms. The van der Waals surface area contributed by atoms with Gasteiger partial charge in [-0.15, -0.1) is 0 Å². The Morgan fingerprint density at radius 1 is 1.14 bits per heavy atom. The first-order valence-corrected chi connectivity index (χ1v) is 7.45. The van der Waals surface area contributed by atoms with Gasteiger partial charge in [-0.2, -0.15) is 0 Å². The lowest BCUT2D eigenvalue weighted by atomic mass is 9.87. The zero-order chi connectivity index (χ0) is 15.2. The summed E-state index contributed by atoms with van der Waals surface area (Å²) in [5, 5.41) is 0. The predicted octanol–water partition coefficient (Wildman–Crippen LogP) is 4.69. The Kier molecular flexibility index (Phi) is 3.21. The maximum Gasteiger partial charge on any atom is 0.183 e. The number of rotatable bonds is 1. The molecule has 1 N–H and O–H groups in total. The monoisotopic (exact) mass is 297 g/mol. The van der Waals surface area contributed by atoms with Gasteiger partial charge in [-0.1, -0.05) is 32.9 Å². The fraction of sp³-hybridized carbons (Fsp3) is 0.294. The van der Waals surface area contributed by atoms with Gasteiger partial charge in [0.1, 0.15) is 0 Å². The van der Waals surface area contributed by atoms with Crippen LogP contribution in [0.15, 0.2) is 36.5 Å². The van der Waals surface area contributed by atoms with Gasteiger partial charge in [0.15, 0.2) is 10.4 Å². The number of aryl methyl sites for hydroxylation is 1. The second-order valence-corrected chi connectivity index (χ2v) is 6.83. The number of imidazole rings is 1. The van der Waals surface area contributed by atoms with Gasteiger partial charge in [0.25, 0.3) is 0 Å². The smallest absolute Gasteiger partial charge is 0.183 e. The fourth-order valence-corrected chi connectivity index (χ4v) is 2.75. The van der Waals surface area contributed by atoms with Crippen molar-refractivity contribution in [1.82, 2.24) is 14.5 Å². The van der Waals surface area contributed by atoms with Gasteiger partial charge in [0.05, 0.1) is 5.52 Å². The largest absolute Gasteiger partial charge is 0.329 e. The van der Waals surface area contributed by atoms with Crippen molar-refractivity contribution in [2.24, 2.45) is 0 Å². The fourth-order valence-electron chi connectivity index (χ4n) is 2.45. The van der Waals surface area contributed by atoms with E-state index in [1.807, 2.05) is 17.7 Å². The molecule has 4 heteroatoms. The van der Waals surface area contributed by atoms with Gasteiger partial charge in [-0.05, 0) is 53.9 Å². The molecule has 0 unspecified atom stereocenters. The van der Waals surface area contributed by atoms with Gasteiger partial charge in [0, 0.05) is 11.9 Å². The molecule has 21 heavy (non-hydrogen) atoms. The van der Waals surface area contributed by atoms with Crippen LogP contribution in [0.1, 0.15) is 31.9 Å². The number of benzene rings is 1. The van der Waals surface area contributed by atoms with Gasteiger partial charge >= 0.3 is 0 Å². The van der Waals surface area contributed by atoms with Crippen LogP contribution in [-0.4, -0.2) is 14.5 Å². The highest BCUT2D eigenvalue weighted by Crippen LogP contribution is 2.24. The highest BCUT2D eigenvalue weighted by atomic mass is 32.1. The molecule has 0 aliphatic heterocycles. The van der Waals surface area contributed by atoms with E-state index in [-0.39, 0.29) is 5.41 Å². The van der Waals surface area contributed by atoms with Gasteiger partial charge < -0.3 is 4.98 Å². The van der Waals surface area contributed by atoms with E-state index in [1.54, 1.807) is 0 Å². The van der Waals surface area contributed by atoms with Crippen LogP contribution in [0.5, 0.6) is 0 Å². The van der Waals surface area contributed by atoms with E-state index in [0.717, 1.165) is 22.4 Å². The van der Waals surface area contributed by atoms with E-state index in [4.69, 9.17) is 12.2 Å². The zero-order valence-corrected chi connectivity index (χ0v) is 13.6. The van der Waals surface area contributed by atoms with Crippen molar-refractivity contribution >= 4 is 23.4 Å². The molecule has 0 saturated carbocycles. The molecule has 108 valence electrons. The van der Waals surface area contributed by atoms with E-state index in [9.17, 15) is 0 Å². The number of aromatic amines is 1. The number of pyridine rings is 1. The van der Waals surface area contributed by atoms with E-state index in [2.05, 4.69) is 61.1 Å². The predicted molar refractivity (Wildman–Crippen MR) is 89.7 cm³/mol. The van der Waals surface area contributed by atoms with Crippen molar-refractivity contribution in [1.29, 1.82) is 0 Å². The summed E-state index contributed by atoms with van der Waals surface area (Å²) in [6.07, 6.45) is 1.87. The molecule has 2 heterocycles. The molecule has 0 saturated heterocycles. The van der Waals surface area contributed by atoms with Crippen molar-refractivity contribution in [3.8, 4) is 5.69 Å². The number of hydrogen-bond acceptors (Lipinski definition) is 2. The minimum atomic E-state index is 0.148. The van der Waals surface area contributed by atoms with E-state index in [0.29, 0.717) is 4.77 Å². The molecule has 0 radical (unpaired) electrons. The molecule has 3 aromatic rings. The van der Waals surface area contributed by atoms with Crippen molar-refractivity contribution in [3.63, 3.8) is 0 Å². The molecule has 0 fully saturated rings. The van der Waals surface area contributed by atoms with Crippen molar-refractivity contribution in [2.75, 3.05) is 0 Å². The van der Waals surface area contributed by atoms with Crippen LogP contribution in [0.4, 0.5) is 0 Å². The topological polar surface area (TPSA) is 33.6 Å². The van der Waals surface area contributed by atoms with Crippen LogP contribution < -0.4 is 0 Å². The van der Waals surface area contributed by atoms with E-state index in [1.165, 1.54) is 5.56 Å². The Morgan fingerprint density at radius 2 is 1.81 bits per heavy atom. The summed E-state index contributed by atoms with van der Waals surface area (Å²) in [7, 11) is 0. The SMILES string of the molecule is Cc1cnc2c(c1)[nH]c(=S)n2-c1ccc(C(C)(C)C)cc1. The molecule has 0 aliphatic carbocycles. The molecule has 0 amide bonds. The summed E-state index contributed by atoms with van der Waals surface area (Å²) in [6, 6.07) is 10.6. The summed E-state index contributed by atoms with van der Waals surface area (Å²) >= 11 is 5.45. The molecule has 2 aromatic heterocycles. The third kappa shape index (κ3) is 2.51. The van der Waals surface area contributed by atoms with E-state index >= 15 is 0 Å². The Labute approximate surface area is 129 Å². The van der Waals surface area contributed by atoms with Gasteiger partial charge in [-0.3, -0.25) is 4.57 Å². The maximum absolute atomic E-state index is 5.45. The van der Waals surface area contributed by atoms with Crippen LogP contribution in [-0.2, 0) is 5.41 Å². The quantitative estimate of drug-likeness (QED) is 0.661. The van der Waals surface area contributed by atoms with Crippen LogP contribution in [0, 0.1) is 11.7 Å². The second-order valence-electron chi connectivity index (χ2n) is 6.45. The highest BCUT2D eigenvalue weighted by molar-refractivity contribution is 7.71. The summed E-state index contributed by atoms with van der Waals surface area (Å²) in [5.74, 6) is 0. The number of aromatic nitrogens is 3. The standard InChI is InChI=1S/C17H19N3S/c1-11-9-14-15(18-10-11)20(16(21)19-14)13-7-5-12(6-8-13)17(2,3)4/h5-10H,1-4H3,(H,19,21). The molecular formula is C17H19N3S. The lowest BCUT2D eigenvalue weighted by Crippen LogP contribution is -2.10. The minimum absolute atomic E-state index is 0.148. The van der Waals surface area contributed by atoms with Crippen LogP contribution >= 0.6 is 12.2 Å². The molecular weight excluding hydrogens is 278 g/mol. The molecule has 1 aromatic carbocycles. The molecule has 3 rings (SSSR count). The number of fused-ring (bicyclic) bond motifs is 1. The number of nitrogens with zero attached hydrogens (tertiary/aromatic N) is 2. The summed E-state index contributed by atoms with van der Waals surface area (Å²) in [6.45, 7) is 8.66. The zero-order valence-electron chi connectivity index (χ0n) is 12.8. The normalized spacial score (nSPS) is 12.0. The maximum atomic E-state index is 5.45. The Balaban J connectivity index is 2.17. The van der Waals surface area contributed by atoms with Crippen LogP contribution in [0.25, 0.3) is 16.9 Å². The third-order valence-electron chi connectivity index (χ3n) is 3.65. The average Bonchev–Trinajstić information content (AvgIpc) is 2.73. The molecule has 0 aliphatic rings. The number of H-pyrrole nitrogens is 1. The van der Waals surface area contributed by atoms with E-state index < -0.39 is 0 Å². The third-order valence-corrected chi connectivity index (χ3v) is 3.94. The first kappa shape index (κ1) is 14.0. The van der Waals surface area contributed by atoms with Gasteiger partial charge in [0.2, 0.25) is 0 Å². The lowest BCUT2D eigenvalue weighted by molar-refractivity contribution is 0.590. The van der Waals surface area contributed by atoms with Crippen LogP contribution in [0.3, 0.4) is 0 Å². The number of hydrogen-bond donors (Lipinski definition) is 1. The summed E-state index contributed by atoms with van der Waals surface area (Å²) < 4.78 is 2.66. The van der Waals surface area contributed by atoms with Gasteiger partial charge in [-0.25, -0.2) is 4.98 Å². The Hall–Kier alpha value is -1.94. The molecule has 3 nitrogen and oxygen atoms in total. The van der Waals surface area contributed by atoms with Crippen molar-refractivity contribution in [2.45, 2.75) is 33.1 Å². The van der Waals surface area contributed by atoms with Crippen molar-refractivity contribution in [3.05, 3.63) is 52.4 Å².